The summed E-state index contributed by atoms with van der Waals surface area (Å²) in [5.74, 6) is 1.18. The standard InChI is InChI=1S/C21H21ClN4OS/c1-25(16-11-12-16)19(27)14-28-21-24-23-20(17-9-5-6-10-18(17)22)26(21)13-15-7-3-2-4-8-15/h2-10,16H,11-14H2,1H3. The molecule has 0 radical (unpaired) electrons. The van der Waals surface area contributed by atoms with Gasteiger partial charge in [-0.15, -0.1) is 10.2 Å². The summed E-state index contributed by atoms with van der Waals surface area (Å²) in [6, 6.07) is 18.2. The smallest absolute Gasteiger partial charge is 0.233 e. The van der Waals surface area contributed by atoms with E-state index in [-0.39, 0.29) is 5.91 Å². The van der Waals surface area contributed by atoms with Gasteiger partial charge in [0.2, 0.25) is 5.91 Å². The molecule has 0 unspecified atom stereocenters. The fourth-order valence-electron chi connectivity index (χ4n) is 3.04. The van der Waals surface area contributed by atoms with E-state index in [0.29, 0.717) is 29.2 Å². The molecule has 0 aliphatic heterocycles. The van der Waals surface area contributed by atoms with Gasteiger partial charge in [0, 0.05) is 18.7 Å². The van der Waals surface area contributed by atoms with Crippen molar-refractivity contribution in [1.29, 1.82) is 0 Å². The molecule has 7 heteroatoms. The second-order valence-electron chi connectivity index (χ2n) is 6.88. The Morgan fingerprint density at radius 1 is 1.14 bits per heavy atom. The molecule has 1 fully saturated rings. The molecule has 5 nitrogen and oxygen atoms in total. The van der Waals surface area contributed by atoms with Crippen molar-refractivity contribution < 1.29 is 4.79 Å². The number of hydrogen-bond donors (Lipinski definition) is 0. The van der Waals surface area contributed by atoms with Crippen LogP contribution in [-0.4, -0.2) is 44.4 Å². The highest BCUT2D eigenvalue weighted by molar-refractivity contribution is 7.99. The zero-order chi connectivity index (χ0) is 19.5. The molecule has 4 rings (SSSR count). The summed E-state index contributed by atoms with van der Waals surface area (Å²) < 4.78 is 2.03. The van der Waals surface area contributed by atoms with Crippen LogP contribution in [0.4, 0.5) is 0 Å². The first-order valence-corrected chi connectivity index (χ1v) is 10.6. The number of carbonyl (C=O) groups is 1. The average Bonchev–Trinajstić information content (AvgIpc) is 3.49. The molecule has 0 bridgehead atoms. The van der Waals surface area contributed by atoms with Crippen molar-refractivity contribution in [2.75, 3.05) is 12.8 Å². The van der Waals surface area contributed by atoms with E-state index in [2.05, 4.69) is 22.3 Å². The Hall–Kier alpha value is -2.31. The van der Waals surface area contributed by atoms with Gasteiger partial charge in [-0.2, -0.15) is 0 Å². The molecule has 1 amide bonds. The van der Waals surface area contributed by atoms with Crippen LogP contribution in [0, 0.1) is 0 Å². The van der Waals surface area contributed by atoms with E-state index in [1.165, 1.54) is 11.8 Å². The summed E-state index contributed by atoms with van der Waals surface area (Å²) in [6.07, 6.45) is 2.21. The number of nitrogens with zero attached hydrogens (tertiary/aromatic N) is 4. The van der Waals surface area contributed by atoms with Crippen LogP contribution >= 0.6 is 23.4 Å². The summed E-state index contributed by atoms with van der Waals surface area (Å²) in [5, 5.41) is 10.1. The molecule has 1 saturated carbocycles. The van der Waals surface area contributed by atoms with Crippen molar-refractivity contribution >= 4 is 29.3 Å². The predicted molar refractivity (Wildman–Crippen MR) is 113 cm³/mol. The van der Waals surface area contributed by atoms with Gasteiger partial charge in [-0.1, -0.05) is 65.8 Å². The molecule has 0 spiro atoms. The molecule has 3 aromatic rings. The first kappa shape index (κ1) is 19.0. The molecule has 2 aromatic carbocycles. The van der Waals surface area contributed by atoms with Crippen molar-refractivity contribution in [3.63, 3.8) is 0 Å². The van der Waals surface area contributed by atoms with Crippen LogP contribution in [0.1, 0.15) is 18.4 Å². The van der Waals surface area contributed by atoms with Gasteiger partial charge in [-0.3, -0.25) is 9.36 Å². The van der Waals surface area contributed by atoms with E-state index >= 15 is 0 Å². The Morgan fingerprint density at radius 3 is 2.57 bits per heavy atom. The topological polar surface area (TPSA) is 51.0 Å². The van der Waals surface area contributed by atoms with E-state index in [1.54, 1.807) is 0 Å². The second-order valence-corrected chi connectivity index (χ2v) is 8.23. The number of thioether (sulfide) groups is 1. The molecule has 0 atom stereocenters. The van der Waals surface area contributed by atoms with Crippen molar-refractivity contribution in [3.05, 3.63) is 65.2 Å². The van der Waals surface area contributed by atoms with Gasteiger partial charge >= 0.3 is 0 Å². The van der Waals surface area contributed by atoms with Crippen molar-refractivity contribution in [2.45, 2.75) is 30.6 Å². The lowest BCUT2D eigenvalue weighted by Crippen LogP contribution is -2.30. The van der Waals surface area contributed by atoms with Gasteiger partial charge in [-0.25, -0.2) is 0 Å². The van der Waals surface area contributed by atoms with Crippen molar-refractivity contribution in [2.24, 2.45) is 0 Å². The number of hydrogen-bond acceptors (Lipinski definition) is 4. The zero-order valence-electron chi connectivity index (χ0n) is 15.6. The number of aromatic nitrogens is 3. The van der Waals surface area contributed by atoms with Gasteiger partial charge in [0.1, 0.15) is 0 Å². The minimum absolute atomic E-state index is 0.126. The third kappa shape index (κ3) is 4.23. The molecule has 1 aliphatic rings. The van der Waals surface area contributed by atoms with Crippen LogP contribution in [0.5, 0.6) is 0 Å². The first-order chi connectivity index (χ1) is 13.6. The Kier molecular flexibility index (Phi) is 5.69. The molecule has 28 heavy (non-hydrogen) atoms. The highest BCUT2D eigenvalue weighted by Crippen LogP contribution is 2.31. The fraction of sp³-hybridized carbons (Fsp3) is 0.286. The number of amides is 1. The van der Waals surface area contributed by atoms with E-state index in [9.17, 15) is 4.79 Å². The van der Waals surface area contributed by atoms with E-state index < -0.39 is 0 Å². The van der Waals surface area contributed by atoms with Crippen LogP contribution in [-0.2, 0) is 11.3 Å². The third-order valence-electron chi connectivity index (χ3n) is 4.83. The van der Waals surface area contributed by atoms with Crippen molar-refractivity contribution in [3.8, 4) is 11.4 Å². The summed E-state index contributed by atoms with van der Waals surface area (Å²) in [4.78, 5) is 14.3. The lowest BCUT2D eigenvalue weighted by molar-refractivity contribution is -0.127. The molecular weight excluding hydrogens is 392 g/mol. The predicted octanol–water partition coefficient (Wildman–Crippen LogP) is 4.36. The van der Waals surface area contributed by atoms with Gasteiger partial charge in [0.25, 0.3) is 0 Å². The van der Waals surface area contributed by atoms with Gasteiger partial charge < -0.3 is 4.90 Å². The number of halogens is 1. The summed E-state index contributed by atoms with van der Waals surface area (Å²) in [7, 11) is 1.88. The minimum atomic E-state index is 0.126. The van der Waals surface area contributed by atoms with Crippen LogP contribution < -0.4 is 0 Å². The van der Waals surface area contributed by atoms with Gasteiger partial charge in [-0.05, 0) is 30.5 Å². The van der Waals surface area contributed by atoms with E-state index in [4.69, 9.17) is 11.6 Å². The van der Waals surface area contributed by atoms with Gasteiger partial charge in [0.05, 0.1) is 17.3 Å². The quantitative estimate of drug-likeness (QED) is 0.541. The monoisotopic (exact) mass is 412 g/mol. The van der Waals surface area contributed by atoms with Crippen LogP contribution in [0.2, 0.25) is 5.02 Å². The normalized spacial score (nSPS) is 13.5. The zero-order valence-corrected chi connectivity index (χ0v) is 17.2. The van der Waals surface area contributed by atoms with E-state index in [0.717, 1.165) is 29.1 Å². The molecule has 0 N–H and O–H groups in total. The minimum Gasteiger partial charge on any atom is -0.342 e. The Labute approximate surface area is 173 Å². The highest BCUT2D eigenvalue weighted by atomic mass is 35.5. The third-order valence-corrected chi connectivity index (χ3v) is 6.11. The molecule has 0 saturated heterocycles. The average molecular weight is 413 g/mol. The Bertz CT molecular complexity index is 972. The molecular formula is C21H21ClN4OS. The van der Waals surface area contributed by atoms with Crippen molar-refractivity contribution in [1.82, 2.24) is 19.7 Å². The van der Waals surface area contributed by atoms with Gasteiger partial charge in [0.15, 0.2) is 11.0 Å². The lowest BCUT2D eigenvalue weighted by atomic mass is 10.2. The Morgan fingerprint density at radius 2 is 1.86 bits per heavy atom. The maximum atomic E-state index is 12.4. The summed E-state index contributed by atoms with van der Waals surface area (Å²) in [5.41, 5.74) is 1.97. The molecule has 1 aliphatic carbocycles. The van der Waals surface area contributed by atoms with E-state index in [1.807, 2.05) is 59.0 Å². The molecule has 1 heterocycles. The molecule has 1 aromatic heterocycles. The number of carbonyl (C=O) groups excluding carboxylic acids is 1. The summed E-state index contributed by atoms with van der Waals surface area (Å²) in [6.45, 7) is 0.614. The van der Waals surface area contributed by atoms with Crippen LogP contribution in [0.15, 0.2) is 59.8 Å². The van der Waals surface area contributed by atoms with Crippen LogP contribution in [0.25, 0.3) is 11.4 Å². The first-order valence-electron chi connectivity index (χ1n) is 9.24. The fourth-order valence-corrected chi connectivity index (χ4v) is 4.12. The number of rotatable bonds is 7. The maximum absolute atomic E-state index is 12.4. The lowest BCUT2D eigenvalue weighted by Gasteiger charge is -2.16. The SMILES string of the molecule is CN(C(=O)CSc1nnc(-c2ccccc2Cl)n1Cc1ccccc1)C1CC1. The largest absolute Gasteiger partial charge is 0.342 e. The second kappa shape index (κ2) is 8.37. The molecule has 144 valence electrons. The number of benzene rings is 2. The Balaban J connectivity index is 1.62. The maximum Gasteiger partial charge on any atom is 0.233 e. The summed E-state index contributed by atoms with van der Waals surface area (Å²) >= 11 is 7.83. The highest BCUT2D eigenvalue weighted by Gasteiger charge is 2.29. The van der Waals surface area contributed by atoms with Crippen LogP contribution in [0.3, 0.4) is 0 Å².